The predicted molar refractivity (Wildman–Crippen MR) is 77.5 cm³/mol. The van der Waals surface area contributed by atoms with Gasteiger partial charge in [-0.2, -0.15) is 4.98 Å². The largest absolute Gasteiger partial charge is 0.337 e. The van der Waals surface area contributed by atoms with Crippen LogP contribution >= 0.6 is 0 Å². The molecule has 0 aliphatic carbocycles. The summed E-state index contributed by atoms with van der Waals surface area (Å²) >= 11 is 0. The number of carbonyl (C=O) groups is 2. The molecule has 0 bridgehead atoms. The van der Waals surface area contributed by atoms with E-state index in [1.165, 1.54) is 0 Å². The number of urea groups is 1. The molecule has 1 aliphatic heterocycles. The lowest BCUT2D eigenvalue weighted by atomic mass is 10.2. The van der Waals surface area contributed by atoms with Gasteiger partial charge >= 0.3 is 6.03 Å². The Labute approximate surface area is 127 Å². The number of benzene rings is 1. The van der Waals surface area contributed by atoms with Crippen LogP contribution in [0.1, 0.15) is 25.7 Å². The molecule has 22 heavy (non-hydrogen) atoms. The highest BCUT2D eigenvalue weighted by atomic mass is 16.5. The Hall–Kier alpha value is -2.70. The fraction of sp³-hybridized carbons (Fsp3) is 0.333. The van der Waals surface area contributed by atoms with Crippen molar-refractivity contribution in [1.29, 1.82) is 0 Å². The first kappa shape index (κ1) is 14.2. The molecule has 7 heteroatoms. The Morgan fingerprint density at radius 2 is 2.05 bits per heavy atom. The fourth-order valence-electron chi connectivity index (χ4n) is 2.37. The minimum Gasteiger partial charge on any atom is -0.337 e. The Morgan fingerprint density at radius 3 is 2.77 bits per heavy atom. The number of amides is 3. The van der Waals surface area contributed by atoms with Gasteiger partial charge in [-0.05, 0) is 6.42 Å². The molecule has 1 atom stereocenters. The van der Waals surface area contributed by atoms with Gasteiger partial charge in [-0.15, -0.1) is 0 Å². The van der Waals surface area contributed by atoms with Crippen LogP contribution in [0.5, 0.6) is 0 Å². The fourth-order valence-corrected chi connectivity index (χ4v) is 2.37. The highest BCUT2D eigenvalue weighted by Gasteiger charge is 2.38. The van der Waals surface area contributed by atoms with E-state index in [9.17, 15) is 9.59 Å². The minimum atomic E-state index is -0.450. The van der Waals surface area contributed by atoms with E-state index in [1.54, 1.807) is 0 Å². The van der Waals surface area contributed by atoms with Gasteiger partial charge in [0.2, 0.25) is 11.7 Å². The zero-order valence-corrected chi connectivity index (χ0v) is 12.2. The van der Waals surface area contributed by atoms with Gasteiger partial charge in [-0.25, -0.2) is 4.79 Å². The third kappa shape index (κ3) is 2.69. The molecular weight excluding hydrogens is 284 g/mol. The van der Waals surface area contributed by atoms with Crippen LogP contribution < -0.4 is 5.32 Å². The van der Waals surface area contributed by atoms with Crippen LogP contribution in [0, 0.1) is 0 Å². The summed E-state index contributed by atoms with van der Waals surface area (Å²) in [4.78, 5) is 29.3. The van der Waals surface area contributed by atoms with Gasteiger partial charge in [-0.3, -0.25) is 9.69 Å². The van der Waals surface area contributed by atoms with Crippen LogP contribution in [0.2, 0.25) is 0 Å². The Kier molecular flexibility index (Phi) is 3.86. The second-order valence-corrected chi connectivity index (χ2v) is 5.09. The van der Waals surface area contributed by atoms with Crippen molar-refractivity contribution in [1.82, 2.24) is 20.4 Å². The van der Waals surface area contributed by atoms with Gasteiger partial charge in [0.05, 0.1) is 0 Å². The minimum absolute atomic E-state index is 0.00921. The van der Waals surface area contributed by atoms with E-state index in [1.807, 2.05) is 37.3 Å². The number of nitrogens with zero attached hydrogens (tertiary/aromatic N) is 3. The molecule has 0 unspecified atom stereocenters. The SMILES string of the molecule is CCC[C@H]1NC(=O)N(Cc2nc(-c3ccccc3)no2)C1=O. The van der Waals surface area contributed by atoms with Gasteiger partial charge in [0, 0.05) is 5.56 Å². The number of carbonyl (C=O) groups excluding carboxylic acids is 2. The zero-order chi connectivity index (χ0) is 15.5. The van der Waals surface area contributed by atoms with Gasteiger partial charge < -0.3 is 9.84 Å². The maximum atomic E-state index is 12.1. The normalized spacial score (nSPS) is 17.9. The molecule has 114 valence electrons. The highest BCUT2D eigenvalue weighted by molar-refractivity contribution is 6.04. The Morgan fingerprint density at radius 1 is 1.27 bits per heavy atom. The van der Waals surface area contributed by atoms with Crippen molar-refractivity contribution >= 4 is 11.9 Å². The van der Waals surface area contributed by atoms with Crippen molar-refractivity contribution in [3.8, 4) is 11.4 Å². The summed E-state index contributed by atoms with van der Waals surface area (Å²) in [5.41, 5.74) is 0.818. The van der Waals surface area contributed by atoms with Crippen molar-refractivity contribution in [3.63, 3.8) is 0 Å². The monoisotopic (exact) mass is 300 g/mol. The molecule has 0 saturated carbocycles. The lowest BCUT2D eigenvalue weighted by molar-refractivity contribution is -0.128. The summed E-state index contributed by atoms with van der Waals surface area (Å²) < 4.78 is 5.14. The quantitative estimate of drug-likeness (QED) is 0.853. The smallest absolute Gasteiger partial charge is 0.325 e. The molecular formula is C15H16N4O3. The lowest BCUT2D eigenvalue weighted by Gasteiger charge is -2.09. The molecule has 1 aromatic heterocycles. The van der Waals surface area contributed by atoms with Gasteiger partial charge in [0.1, 0.15) is 12.6 Å². The number of hydrogen-bond acceptors (Lipinski definition) is 5. The Balaban J connectivity index is 1.73. The van der Waals surface area contributed by atoms with Gasteiger partial charge in [0.25, 0.3) is 5.91 Å². The van der Waals surface area contributed by atoms with Crippen molar-refractivity contribution in [2.45, 2.75) is 32.4 Å². The maximum Gasteiger partial charge on any atom is 0.325 e. The van der Waals surface area contributed by atoms with E-state index in [4.69, 9.17) is 4.52 Å². The molecule has 1 aliphatic rings. The van der Waals surface area contributed by atoms with Crippen LogP contribution in [0.25, 0.3) is 11.4 Å². The lowest BCUT2D eigenvalue weighted by Crippen LogP contribution is -2.31. The highest BCUT2D eigenvalue weighted by Crippen LogP contribution is 2.18. The maximum absolute atomic E-state index is 12.1. The van der Waals surface area contributed by atoms with E-state index in [0.717, 1.165) is 16.9 Å². The van der Waals surface area contributed by atoms with Crippen LogP contribution in [0.4, 0.5) is 4.79 Å². The number of imide groups is 1. The standard InChI is InChI=1S/C15H16N4O3/c1-2-6-11-14(20)19(15(21)16-11)9-12-17-13(18-22-12)10-7-4-3-5-8-10/h3-5,7-8,11H,2,6,9H2,1H3,(H,16,21)/t11-/m1/s1. The summed E-state index contributed by atoms with van der Waals surface area (Å²) in [6, 6.07) is 8.50. The van der Waals surface area contributed by atoms with Crippen LogP contribution in [0.15, 0.2) is 34.9 Å². The molecule has 2 heterocycles. The first-order valence-electron chi connectivity index (χ1n) is 7.19. The Bertz CT molecular complexity index is 683. The second kappa shape index (κ2) is 5.97. The predicted octanol–water partition coefficient (Wildman–Crippen LogP) is 1.96. The molecule has 1 saturated heterocycles. The van der Waals surface area contributed by atoms with Gasteiger partial charge in [0.15, 0.2) is 0 Å². The van der Waals surface area contributed by atoms with Gasteiger partial charge in [-0.1, -0.05) is 48.8 Å². The van der Waals surface area contributed by atoms with Crippen molar-refractivity contribution in [2.75, 3.05) is 0 Å². The van der Waals surface area contributed by atoms with E-state index >= 15 is 0 Å². The molecule has 1 fully saturated rings. The third-order valence-corrected chi connectivity index (χ3v) is 3.48. The topological polar surface area (TPSA) is 88.3 Å². The van der Waals surface area contributed by atoms with Crippen molar-refractivity contribution in [2.24, 2.45) is 0 Å². The number of nitrogens with one attached hydrogen (secondary N) is 1. The molecule has 3 rings (SSSR count). The second-order valence-electron chi connectivity index (χ2n) is 5.09. The van der Waals surface area contributed by atoms with Crippen LogP contribution in [0.3, 0.4) is 0 Å². The van der Waals surface area contributed by atoms with Crippen LogP contribution in [-0.2, 0) is 11.3 Å². The average molecular weight is 300 g/mol. The summed E-state index contributed by atoms with van der Waals surface area (Å²) in [5.74, 6) is 0.429. The average Bonchev–Trinajstić information content (AvgIpc) is 3.10. The van der Waals surface area contributed by atoms with E-state index < -0.39 is 12.1 Å². The number of aromatic nitrogens is 2. The number of rotatable bonds is 5. The summed E-state index contributed by atoms with van der Waals surface area (Å²) in [7, 11) is 0. The number of hydrogen-bond donors (Lipinski definition) is 1. The molecule has 7 nitrogen and oxygen atoms in total. The van der Waals surface area contributed by atoms with E-state index in [2.05, 4.69) is 15.5 Å². The molecule has 1 aromatic carbocycles. The van der Waals surface area contributed by atoms with E-state index in [-0.39, 0.29) is 18.3 Å². The first-order valence-corrected chi connectivity index (χ1v) is 7.19. The molecule has 0 radical (unpaired) electrons. The van der Waals surface area contributed by atoms with Crippen molar-refractivity contribution in [3.05, 3.63) is 36.2 Å². The zero-order valence-electron chi connectivity index (χ0n) is 12.2. The summed E-state index contributed by atoms with van der Waals surface area (Å²) in [6.07, 6.45) is 1.45. The molecule has 2 aromatic rings. The molecule has 3 amide bonds. The van der Waals surface area contributed by atoms with E-state index in [0.29, 0.717) is 12.2 Å². The first-order chi connectivity index (χ1) is 10.7. The summed E-state index contributed by atoms with van der Waals surface area (Å²) in [5, 5.41) is 6.54. The van der Waals surface area contributed by atoms with Crippen molar-refractivity contribution < 1.29 is 14.1 Å². The molecule has 1 N–H and O–H groups in total. The summed E-state index contributed by atoms with van der Waals surface area (Å²) in [6.45, 7) is 1.96. The van der Waals surface area contributed by atoms with Crippen LogP contribution in [-0.4, -0.2) is 33.0 Å². The third-order valence-electron chi connectivity index (χ3n) is 3.48. The molecule has 0 spiro atoms.